The standard InChI is InChI=1S/C18H26N4O3S/c1-12-16(13(2)22(6)20-12)11-17(23)19-14-8-7-9-15(10-14)26(24,25)21-18(3,4)5/h7-10,21H,11H2,1-6H3,(H,19,23). The molecule has 0 bridgehead atoms. The van der Waals surface area contributed by atoms with Gasteiger partial charge < -0.3 is 5.32 Å². The number of nitrogens with one attached hydrogen (secondary N) is 2. The minimum absolute atomic E-state index is 0.110. The highest BCUT2D eigenvalue weighted by atomic mass is 32.2. The molecule has 0 spiro atoms. The van der Waals surface area contributed by atoms with Gasteiger partial charge in [-0.3, -0.25) is 9.48 Å². The third-order valence-electron chi connectivity index (χ3n) is 3.86. The number of hydrogen-bond acceptors (Lipinski definition) is 4. The zero-order chi connectivity index (χ0) is 19.7. The van der Waals surface area contributed by atoms with Crippen LogP contribution in [0.25, 0.3) is 0 Å². The highest BCUT2D eigenvalue weighted by molar-refractivity contribution is 7.89. The molecule has 0 aliphatic heterocycles. The number of anilines is 1. The van der Waals surface area contributed by atoms with Crippen molar-refractivity contribution in [3.8, 4) is 0 Å². The molecule has 2 N–H and O–H groups in total. The fraction of sp³-hybridized carbons (Fsp3) is 0.444. The van der Waals surface area contributed by atoms with Gasteiger partial charge in [-0.25, -0.2) is 13.1 Å². The second kappa shape index (κ2) is 7.20. The first kappa shape index (κ1) is 20.1. The first-order chi connectivity index (χ1) is 11.9. The van der Waals surface area contributed by atoms with Crippen molar-refractivity contribution in [1.29, 1.82) is 0 Å². The molecule has 0 aliphatic carbocycles. The summed E-state index contributed by atoms with van der Waals surface area (Å²) in [6.07, 6.45) is 0.183. The van der Waals surface area contributed by atoms with Crippen LogP contribution in [0.5, 0.6) is 0 Å². The minimum atomic E-state index is -3.66. The molecule has 2 aromatic rings. The number of carbonyl (C=O) groups excluding carboxylic acids is 1. The molecule has 0 saturated carbocycles. The van der Waals surface area contributed by atoms with E-state index in [-0.39, 0.29) is 17.2 Å². The van der Waals surface area contributed by atoms with Crippen LogP contribution in [0.2, 0.25) is 0 Å². The second-order valence-corrected chi connectivity index (χ2v) is 9.06. The molecular weight excluding hydrogens is 352 g/mol. The Kier molecular flexibility index (Phi) is 5.58. The number of benzene rings is 1. The summed E-state index contributed by atoms with van der Waals surface area (Å²) in [5.74, 6) is -0.220. The minimum Gasteiger partial charge on any atom is -0.326 e. The molecule has 1 aromatic heterocycles. The Labute approximate surface area is 154 Å². The van der Waals surface area contributed by atoms with Crippen LogP contribution in [0.4, 0.5) is 5.69 Å². The lowest BCUT2D eigenvalue weighted by Gasteiger charge is -2.20. The van der Waals surface area contributed by atoms with Crippen molar-refractivity contribution in [2.75, 3.05) is 5.32 Å². The van der Waals surface area contributed by atoms with Crippen molar-refractivity contribution >= 4 is 21.6 Å². The van der Waals surface area contributed by atoms with Crippen molar-refractivity contribution in [3.05, 3.63) is 41.2 Å². The fourth-order valence-electron chi connectivity index (χ4n) is 2.64. The third kappa shape index (κ3) is 4.92. The predicted molar refractivity (Wildman–Crippen MR) is 102 cm³/mol. The van der Waals surface area contributed by atoms with Gasteiger partial charge >= 0.3 is 0 Å². The van der Waals surface area contributed by atoms with Gasteiger partial charge in [0.1, 0.15) is 0 Å². The van der Waals surface area contributed by atoms with E-state index in [4.69, 9.17) is 0 Å². The van der Waals surface area contributed by atoms with Gasteiger partial charge in [0, 0.05) is 29.5 Å². The fourth-order valence-corrected chi connectivity index (χ4v) is 4.11. The maximum atomic E-state index is 12.4. The maximum Gasteiger partial charge on any atom is 0.241 e. The lowest BCUT2D eigenvalue weighted by atomic mass is 10.1. The zero-order valence-electron chi connectivity index (χ0n) is 16.0. The number of nitrogens with zero attached hydrogens (tertiary/aromatic N) is 2. The monoisotopic (exact) mass is 378 g/mol. The number of amides is 1. The quantitative estimate of drug-likeness (QED) is 0.835. The van der Waals surface area contributed by atoms with Gasteiger partial charge in [0.15, 0.2) is 0 Å². The molecule has 0 atom stereocenters. The van der Waals surface area contributed by atoms with Gasteiger partial charge in [0.05, 0.1) is 17.0 Å². The highest BCUT2D eigenvalue weighted by Crippen LogP contribution is 2.19. The summed E-state index contributed by atoms with van der Waals surface area (Å²) in [5, 5.41) is 7.06. The largest absolute Gasteiger partial charge is 0.326 e. The van der Waals surface area contributed by atoms with Gasteiger partial charge in [0.25, 0.3) is 0 Å². The zero-order valence-corrected chi connectivity index (χ0v) is 16.9. The van der Waals surface area contributed by atoms with Gasteiger partial charge in [0.2, 0.25) is 15.9 Å². The number of rotatable bonds is 5. The summed E-state index contributed by atoms with van der Waals surface area (Å²) in [7, 11) is -1.83. The maximum absolute atomic E-state index is 12.4. The van der Waals surface area contributed by atoms with Crippen LogP contribution in [-0.2, 0) is 28.3 Å². The number of carbonyl (C=O) groups is 1. The predicted octanol–water partition coefficient (Wildman–Crippen LogP) is 2.29. The third-order valence-corrected chi connectivity index (χ3v) is 5.62. The van der Waals surface area contributed by atoms with E-state index in [2.05, 4.69) is 15.1 Å². The molecule has 1 heterocycles. The van der Waals surface area contributed by atoms with Crippen molar-refractivity contribution in [2.45, 2.75) is 51.5 Å². The molecule has 2 rings (SSSR count). The molecule has 1 amide bonds. The van der Waals surface area contributed by atoms with Crippen LogP contribution in [0.3, 0.4) is 0 Å². The van der Waals surface area contributed by atoms with Gasteiger partial charge in [-0.05, 0) is 52.8 Å². The van der Waals surface area contributed by atoms with Gasteiger partial charge in [-0.15, -0.1) is 0 Å². The van der Waals surface area contributed by atoms with Gasteiger partial charge in [-0.2, -0.15) is 5.10 Å². The van der Waals surface area contributed by atoms with E-state index in [1.807, 2.05) is 20.9 Å². The molecule has 0 saturated heterocycles. The number of aromatic nitrogens is 2. The van der Waals surface area contributed by atoms with E-state index in [0.29, 0.717) is 5.69 Å². The van der Waals surface area contributed by atoms with Crippen molar-refractivity contribution < 1.29 is 13.2 Å². The van der Waals surface area contributed by atoms with Gasteiger partial charge in [-0.1, -0.05) is 6.07 Å². The van der Waals surface area contributed by atoms with Crippen molar-refractivity contribution in [2.24, 2.45) is 7.05 Å². The lowest BCUT2D eigenvalue weighted by Crippen LogP contribution is -2.40. The number of aryl methyl sites for hydroxylation is 2. The van der Waals surface area contributed by atoms with E-state index in [1.54, 1.807) is 37.6 Å². The summed E-state index contributed by atoms with van der Waals surface area (Å²) in [6.45, 7) is 9.09. The molecule has 0 fully saturated rings. The summed E-state index contributed by atoms with van der Waals surface area (Å²) in [6, 6.07) is 6.22. The molecule has 8 heteroatoms. The Morgan fingerprint density at radius 3 is 2.42 bits per heavy atom. The molecular formula is C18H26N4O3S. The average molecular weight is 378 g/mol. The Balaban J connectivity index is 2.17. The first-order valence-corrected chi connectivity index (χ1v) is 9.80. The average Bonchev–Trinajstić information content (AvgIpc) is 2.71. The Morgan fingerprint density at radius 1 is 1.23 bits per heavy atom. The van der Waals surface area contributed by atoms with Crippen LogP contribution in [-0.4, -0.2) is 29.6 Å². The van der Waals surface area contributed by atoms with Crippen LogP contribution in [0.1, 0.15) is 37.7 Å². The van der Waals surface area contributed by atoms with E-state index >= 15 is 0 Å². The summed E-state index contributed by atoms with van der Waals surface area (Å²) >= 11 is 0. The molecule has 142 valence electrons. The first-order valence-electron chi connectivity index (χ1n) is 8.32. The molecule has 7 nitrogen and oxygen atoms in total. The normalized spacial score (nSPS) is 12.2. The van der Waals surface area contributed by atoms with Crippen LogP contribution in [0.15, 0.2) is 29.2 Å². The lowest BCUT2D eigenvalue weighted by molar-refractivity contribution is -0.115. The van der Waals surface area contributed by atoms with E-state index in [9.17, 15) is 13.2 Å². The SMILES string of the molecule is Cc1nn(C)c(C)c1CC(=O)Nc1cccc(S(=O)(=O)NC(C)(C)C)c1. The van der Waals surface area contributed by atoms with Crippen LogP contribution >= 0.6 is 0 Å². The smallest absolute Gasteiger partial charge is 0.241 e. The molecule has 0 aliphatic rings. The summed E-state index contributed by atoms with van der Waals surface area (Å²) in [5.41, 5.74) is 2.47. The summed E-state index contributed by atoms with van der Waals surface area (Å²) in [4.78, 5) is 12.5. The molecule has 0 unspecified atom stereocenters. The van der Waals surface area contributed by atoms with E-state index in [1.165, 1.54) is 12.1 Å². The van der Waals surface area contributed by atoms with E-state index < -0.39 is 15.6 Å². The highest BCUT2D eigenvalue weighted by Gasteiger charge is 2.22. The van der Waals surface area contributed by atoms with Crippen LogP contribution in [0, 0.1) is 13.8 Å². The topological polar surface area (TPSA) is 93.1 Å². The van der Waals surface area contributed by atoms with E-state index in [0.717, 1.165) is 17.0 Å². The molecule has 0 radical (unpaired) electrons. The second-order valence-electron chi connectivity index (χ2n) is 7.38. The Hall–Kier alpha value is -2.19. The van der Waals surface area contributed by atoms with Crippen molar-refractivity contribution in [3.63, 3.8) is 0 Å². The summed E-state index contributed by atoms with van der Waals surface area (Å²) < 4.78 is 29.2. The van der Waals surface area contributed by atoms with Crippen LogP contribution < -0.4 is 10.0 Å². The molecule has 1 aromatic carbocycles. The number of hydrogen-bond donors (Lipinski definition) is 2. The number of sulfonamides is 1. The molecule has 26 heavy (non-hydrogen) atoms. The Morgan fingerprint density at radius 2 is 1.88 bits per heavy atom. The Bertz CT molecular complexity index is 924. The van der Waals surface area contributed by atoms with Crippen molar-refractivity contribution in [1.82, 2.24) is 14.5 Å².